The standard InChI is InChI=1S/C11H12N4O3S/c12-7-10-13-14-11(18-10)19-6-5-8-1-3-9(4-2-8)15(16)17/h1-4H,5-7,12H2. The first kappa shape index (κ1) is 13.5. The predicted molar refractivity (Wildman–Crippen MR) is 69.7 cm³/mol. The first-order valence-electron chi connectivity index (χ1n) is 5.57. The maximum absolute atomic E-state index is 10.5. The molecule has 19 heavy (non-hydrogen) atoms. The number of non-ortho nitro benzene ring substituents is 1. The van der Waals surface area contributed by atoms with Gasteiger partial charge in [-0.1, -0.05) is 23.9 Å². The Kier molecular flexibility index (Phi) is 4.48. The molecule has 0 aliphatic carbocycles. The van der Waals surface area contributed by atoms with E-state index in [0.29, 0.717) is 11.1 Å². The molecule has 2 rings (SSSR count). The molecule has 2 N–H and O–H groups in total. The molecule has 7 nitrogen and oxygen atoms in total. The maximum Gasteiger partial charge on any atom is 0.276 e. The van der Waals surface area contributed by atoms with Crippen molar-refractivity contribution < 1.29 is 9.34 Å². The summed E-state index contributed by atoms with van der Waals surface area (Å²) in [5, 5.41) is 18.6. The number of nitrogens with zero attached hydrogens (tertiary/aromatic N) is 3. The molecule has 8 heteroatoms. The molecule has 2 aromatic rings. The van der Waals surface area contributed by atoms with Crippen LogP contribution in [0, 0.1) is 10.1 Å². The van der Waals surface area contributed by atoms with E-state index in [9.17, 15) is 10.1 Å². The number of benzene rings is 1. The van der Waals surface area contributed by atoms with Gasteiger partial charge in [0.25, 0.3) is 10.9 Å². The molecule has 0 amide bonds. The molecule has 0 saturated heterocycles. The lowest BCUT2D eigenvalue weighted by atomic mass is 10.1. The normalized spacial score (nSPS) is 10.6. The van der Waals surface area contributed by atoms with Crippen molar-refractivity contribution in [3.05, 3.63) is 45.8 Å². The van der Waals surface area contributed by atoms with Crippen molar-refractivity contribution >= 4 is 17.4 Å². The van der Waals surface area contributed by atoms with Crippen molar-refractivity contribution in [2.24, 2.45) is 5.73 Å². The van der Waals surface area contributed by atoms with E-state index < -0.39 is 4.92 Å². The van der Waals surface area contributed by atoms with Gasteiger partial charge in [-0.2, -0.15) is 0 Å². The monoisotopic (exact) mass is 280 g/mol. The third-order valence-corrected chi connectivity index (χ3v) is 3.21. The fraction of sp³-hybridized carbons (Fsp3) is 0.273. The Morgan fingerprint density at radius 3 is 2.63 bits per heavy atom. The Morgan fingerprint density at radius 1 is 1.32 bits per heavy atom. The number of nitro benzene ring substituents is 1. The second kappa shape index (κ2) is 6.30. The highest BCUT2D eigenvalue weighted by atomic mass is 32.2. The average Bonchev–Trinajstić information content (AvgIpc) is 2.87. The van der Waals surface area contributed by atoms with Crippen LogP contribution in [0.25, 0.3) is 0 Å². The van der Waals surface area contributed by atoms with Gasteiger partial charge in [0.15, 0.2) is 0 Å². The Labute approximate surface area is 113 Å². The Bertz CT molecular complexity index is 555. The molecule has 0 spiro atoms. The number of hydrogen-bond donors (Lipinski definition) is 1. The van der Waals surface area contributed by atoms with Crippen LogP contribution in [0.4, 0.5) is 5.69 Å². The third-order valence-electron chi connectivity index (χ3n) is 2.39. The van der Waals surface area contributed by atoms with Gasteiger partial charge in [-0.05, 0) is 12.0 Å². The van der Waals surface area contributed by atoms with Gasteiger partial charge in [-0.3, -0.25) is 10.1 Å². The minimum Gasteiger partial charge on any atom is -0.415 e. The maximum atomic E-state index is 10.5. The van der Waals surface area contributed by atoms with Gasteiger partial charge in [0.2, 0.25) is 5.89 Å². The zero-order chi connectivity index (χ0) is 13.7. The van der Waals surface area contributed by atoms with Crippen LogP contribution in [-0.2, 0) is 13.0 Å². The summed E-state index contributed by atoms with van der Waals surface area (Å²) in [7, 11) is 0. The van der Waals surface area contributed by atoms with Gasteiger partial charge in [0.1, 0.15) is 0 Å². The fourth-order valence-electron chi connectivity index (χ4n) is 1.42. The van der Waals surface area contributed by atoms with Gasteiger partial charge in [-0.25, -0.2) is 0 Å². The van der Waals surface area contributed by atoms with Crippen molar-refractivity contribution in [3.63, 3.8) is 0 Å². The molecular formula is C11H12N4O3S. The van der Waals surface area contributed by atoms with E-state index in [4.69, 9.17) is 10.2 Å². The first-order valence-corrected chi connectivity index (χ1v) is 6.56. The number of thioether (sulfide) groups is 1. The molecule has 0 atom stereocenters. The van der Waals surface area contributed by atoms with Crippen molar-refractivity contribution in [2.75, 3.05) is 5.75 Å². The number of aryl methyl sites for hydroxylation is 1. The highest BCUT2D eigenvalue weighted by Crippen LogP contribution is 2.18. The van der Waals surface area contributed by atoms with Crippen LogP contribution in [0.5, 0.6) is 0 Å². The van der Waals surface area contributed by atoms with Gasteiger partial charge >= 0.3 is 0 Å². The van der Waals surface area contributed by atoms with Crippen LogP contribution in [-0.4, -0.2) is 20.9 Å². The van der Waals surface area contributed by atoms with Gasteiger partial charge < -0.3 is 10.2 Å². The van der Waals surface area contributed by atoms with E-state index in [2.05, 4.69) is 10.2 Å². The number of nitro groups is 1. The van der Waals surface area contributed by atoms with Crippen LogP contribution >= 0.6 is 11.8 Å². The predicted octanol–water partition coefficient (Wildman–Crippen LogP) is 1.77. The van der Waals surface area contributed by atoms with E-state index in [1.54, 1.807) is 12.1 Å². The minimum atomic E-state index is -0.411. The lowest BCUT2D eigenvalue weighted by Gasteiger charge is -1.99. The Hall–Kier alpha value is -1.93. The number of rotatable bonds is 6. The molecular weight excluding hydrogens is 268 g/mol. The van der Waals surface area contributed by atoms with Crippen molar-refractivity contribution in [3.8, 4) is 0 Å². The molecule has 0 unspecified atom stereocenters. The SMILES string of the molecule is NCc1nnc(SCCc2ccc([N+](=O)[O-])cc2)o1. The van der Waals surface area contributed by atoms with Crippen LogP contribution in [0.2, 0.25) is 0 Å². The molecule has 0 fully saturated rings. The molecule has 1 aromatic heterocycles. The number of hydrogen-bond acceptors (Lipinski definition) is 7. The quantitative estimate of drug-likeness (QED) is 0.488. The van der Waals surface area contributed by atoms with E-state index in [0.717, 1.165) is 17.7 Å². The van der Waals surface area contributed by atoms with Crippen LogP contribution in [0.3, 0.4) is 0 Å². The molecule has 0 saturated carbocycles. The molecule has 0 radical (unpaired) electrons. The van der Waals surface area contributed by atoms with Crippen molar-refractivity contribution in [1.29, 1.82) is 0 Å². The summed E-state index contributed by atoms with van der Waals surface area (Å²) >= 11 is 1.43. The highest BCUT2D eigenvalue weighted by Gasteiger charge is 2.06. The Balaban J connectivity index is 1.83. The average molecular weight is 280 g/mol. The second-order valence-corrected chi connectivity index (χ2v) is 4.73. The fourth-order valence-corrected chi connectivity index (χ4v) is 2.19. The van der Waals surface area contributed by atoms with Gasteiger partial charge in [0.05, 0.1) is 11.5 Å². The zero-order valence-corrected chi connectivity index (χ0v) is 10.8. The largest absolute Gasteiger partial charge is 0.415 e. The van der Waals surface area contributed by atoms with E-state index in [1.165, 1.54) is 23.9 Å². The first-order chi connectivity index (χ1) is 9.19. The van der Waals surface area contributed by atoms with Crippen LogP contribution < -0.4 is 5.73 Å². The Morgan fingerprint density at radius 2 is 2.05 bits per heavy atom. The summed E-state index contributed by atoms with van der Waals surface area (Å²) in [4.78, 5) is 10.1. The van der Waals surface area contributed by atoms with Gasteiger partial charge in [0, 0.05) is 17.9 Å². The minimum absolute atomic E-state index is 0.0980. The highest BCUT2D eigenvalue weighted by molar-refractivity contribution is 7.99. The molecule has 0 aliphatic heterocycles. The molecule has 100 valence electrons. The summed E-state index contributed by atoms with van der Waals surface area (Å²) < 4.78 is 5.25. The zero-order valence-electron chi connectivity index (χ0n) is 9.98. The lowest BCUT2D eigenvalue weighted by Crippen LogP contribution is -1.95. The summed E-state index contributed by atoms with van der Waals surface area (Å²) in [6, 6.07) is 6.49. The molecule has 1 aromatic carbocycles. The number of aromatic nitrogens is 2. The smallest absolute Gasteiger partial charge is 0.276 e. The van der Waals surface area contributed by atoms with E-state index >= 15 is 0 Å². The lowest BCUT2D eigenvalue weighted by molar-refractivity contribution is -0.384. The summed E-state index contributed by atoms with van der Waals surface area (Å²) in [5.74, 6) is 1.17. The van der Waals surface area contributed by atoms with E-state index in [1.807, 2.05) is 0 Å². The number of nitrogens with two attached hydrogens (primary N) is 1. The molecule has 0 bridgehead atoms. The third kappa shape index (κ3) is 3.76. The van der Waals surface area contributed by atoms with Crippen molar-refractivity contribution in [1.82, 2.24) is 10.2 Å². The van der Waals surface area contributed by atoms with Gasteiger partial charge in [-0.15, -0.1) is 10.2 Å². The van der Waals surface area contributed by atoms with Crippen molar-refractivity contribution in [2.45, 2.75) is 18.2 Å². The van der Waals surface area contributed by atoms with E-state index in [-0.39, 0.29) is 12.2 Å². The molecule has 1 heterocycles. The van der Waals surface area contributed by atoms with Crippen LogP contribution in [0.15, 0.2) is 33.9 Å². The van der Waals surface area contributed by atoms with Crippen LogP contribution in [0.1, 0.15) is 11.5 Å². The summed E-state index contributed by atoms with van der Waals surface area (Å²) in [6.45, 7) is 0.232. The topological polar surface area (TPSA) is 108 Å². The molecule has 0 aliphatic rings. The second-order valence-electron chi connectivity index (χ2n) is 3.69. The summed E-state index contributed by atoms with van der Waals surface area (Å²) in [5.41, 5.74) is 6.48. The summed E-state index contributed by atoms with van der Waals surface area (Å²) in [6.07, 6.45) is 0.767.